The van der Waals surface area contributed by atoms with Crippen molar-refractivity contribution in [3.05, 3.63) is 102 Å². The lowest BCUT2D eigenvalue weighted by Crippen LogP contribution is -2.52. The summed E-state index contributed by atoms with van der Waals surface area (Å²) in [4.78, 5) is 27.8. The Hall–Kier alpha value is -4.53. The van der Waals surface area contributed by atoms with Gasteiger partial charge in [-0.05, 0) is 53.6 Å². The zero-order valence-electron chi connectivity index (χ0n) is 20.3. The Bertz CT molecular complexity index is 1500. The first-order valence-electron chi connectivity index (χ1n) is 12.0. The largest absolute Gasteiger partial charge is 0.477 e. The average molecular weight is 520 g/mol. The van der Waals surface area contributed by atoms with E-state index >= 15 is 0 Å². The predicted octanol–water partition coefficient (Wildman–Crippen LogP) is 6.54. The van der Waals surface area contributed by atoms with E-state index in [4.69, 9.17) is 4.74 Å². The van der Waals surface area contributed by atoms with Gasteiger partial charge >= 0.3 is 12.2 Å². The second kappa shape index (κ2) is 10.1. The van der Waals surface area contributed by atoms with E-state index < -0.39 is 29.8 Å². The van der Waals surface area contributed by atoms with Gasteiger partial charge in [0, 0.05) is 5.69 Å². The molecule has 1 heterocycles. The number of fused-ring (bicyclic) bond motifs is 2. The van der Waals surface area contributed by atoms with Crippen LogP contribution in [0.1, 0.15) is 24.1 Å². The summed E-state index contributed by atoms with van der Waals surface area (Å²) in [5.74, 6) is -0.104. The van der Waals surface area contributed by atoms with Gasteiger partial charge in [-0.1, -0.05) is 60.7 Å². The lowest BCUT2D eigenvalue weighted by molar-refractivity contribution is -0.137. The Morgan fingerprint density at radius 2 is 1.66 bits per heavy atom. The Kier molecular flexibility index (Phi) is 6.67. The molecule has 0 fully saturated rings. The molecular weight excluding hydrogens is 495 g/mol. The van der Waals surface area contributed by atoms with Gasteiger partial charge in [0.25, 0.3) is 5.91 Å². The molecule has 194 valence electrons. The van der Waals surface area contributed by atoms with Crippen LogP contribution in [0.5, 0.6) is 5.75 Å². The molecule has 9 heteroatoms. The molecule has 4 aromatic carbocycles. The summed E-state index contributed by atoms with van der Waals surface area (Å²) in [7, 11) is 0. The number of hydrogen-bond donors (Lipinski definition) is 2. The van der Waals surface area contributed by atoms with Crippen LogP contribution in [0.2, 0.25) is 0 Å². The molecule has 0 aromatic heterocycles. The van der Waals surface area contributed by atoms with Crippen molar-refractivity contribution in [2.75, 3.05) is 16.8 Å². The van der Waals surface area contributed by atoms with Crippen LogP contribution >= 0.6 is 0 Å². The third-order valence-corrected chi connectivity index (χ3v) is 6.40. The summed E-state index contributed by atoms with van der Waals surface area (Å²) in [6.07, 6.45) is -5.58. The number of nitrogens with one attached hydrogen (secondary N) is 2. The van der Waals surface area contributed by atoms with Crippen molar-refractivity contribution < 1.29 is 27.5 Å². The maximum Gasteiger partial charge on any atom is 0.416 e. The fourth-order valence-electron chi connectivity index (χ4n) is 4.54. The second-order valence-electron chi connectivity index (χ2n) is 8.99. The normalized spacial score (nSPS) is 15.8. The summed E-state index contributed by atoms with van der Waals surface area (Å²) in [6.45, 7) is 1.74. The number of para-hydroxylation sites is 2. The van der Waals surface area contributed by atoms with Gasteiger partial charge in [-0.2, -0.15) is 13.2 Å². The van der Waals surface area contributed by atoms with Crippen molar-refractivity contribution >= 4 is 34.1 Å². The van der Waals surface area contributed by atoms with Gasteiger partial charge in [-0.25, -0.2) is 4.79 Å². The number of nitrogens with zero attached hydrogens (tertiary/aromatic N) is 1. The van der Waals surface area contributed by atoms with E-state index in [1.165, 1.54) is 17.0 Å². The molecule has 0 aliphatic carbocycles. The standard InChI is InChI=1S/C29H24F3N3O3/c1-18(22-13-6-9-19-8-2-3-12-23(19)22)33-27(36)26-17-35(24-14-4-5-15-25(24)38-26)28(37)34-21-11-7-10-20(16-21)29(30,31)32/h2-16,18,26H,17H2,1H3,(H,33,36)(H,34,37)/t18-,26?/m1/s1. The lowest BCUT2D eigenvalue weighted by Gasteiger charge is -2.34. The van der Waals surface area contributed by atoms with Gasteiger partial charge in [0.05, 0.1) is 23.8 Å². The van der Waals surface area contributed by atoms with E-state index in [0.29, 0.717) is 11.4 Å². The number of carbonyl (C=O) groups excluding carboxylic acids is 2. The molecular formula is C29H24F3N3O3. The summed E-state index contributed by atoms with van der Waals surface area (Å²) in [6, 6.07) is 23.8. The van der Waals surface area contributed by atoms with Gasteiger partial charge in [0.15, 0.2) is 6.10 Å². The zero-order chi connectivity index (χ0) is 26.9. The minimum Gasteiger partial charge on any atom is -0.477 e. The van der Waals surface area contributed by atoms with Gasteiger partial charge < -0.3 is 15.4 Å². The van der Waals surface area contributed by atoms with Crippen molar-refractivity contribution in [1.82, 2.24) is 5.32 Å². The molecule has 0 radical (unpaired) electrons. The maximum absolute atomic E-state index is 13.3. The first kappa shape index (κ1) is 25.1. The molecule has 1 aliphatic heterocycles. The van der Waals surface area contributed by atoms with Gasteiger partial charge in [-0.3, -0.25) is 9.69 Å². The van der Waals surface area contributed by atoms with Gasteiger partial charge in [0.2, 0.25) is 0 Å². The summed E-state index contributed by atoms with van der Waals surface area (Å²) in [5, 5.41) is 7.55. The number of hydrogen-bond acceptors (Lipinski definition) is 3. The minimum atomic E-state index is -4.55. The van der Waals surface area contributed by atoms with Crippen LogP contribution in [0.25, 0.3) is 10.8 Å². The predicted molar refractivity (Wildman–Crippen MR) is 139 cm³/mol. The van der Waals surface area contributed by atoms with Crippen molar-refractivity contribution in [2.45, 2.75) is 25.2 Å². The van der Waals surface area contributed by atoms with Crippen LogP contribution in [0.4, 0.5) is 29.3 Å². The van der Waals surface area contributed by atoms with Crippen molar-refractivity contribution in [3.63, 3.8) is 0 Å². The highest BCUT2D eigenvalue weighted by molar-refractivity contribution is 6.04. The summed E-state index contributed by atoms with van der Waals surface area (Å²) < 4.78 is 45.3. The fourth-order valence-corrected chi connectivity index (χ4v) is 4.54. The first-order valence-corrected chi connectivity index (χ1v) is 12.0. The lowest BCUT2D eigenvalue weighted by atomic mass is 9.99. The van der Waals surface area contributed by atoms with Crippen LogP contribution in [-0.2, 0) is 11.0 Å². The highest BCUT2D eigenvalue weighted by atomic mass is 19.4. The van der Waals surface area contributed by atoms with E-state index in [9.17, 15) is 22.8 Å². The highest BCUT2D eigenvalue weighted by Gasteiger charge is 2.35. The first-order chi connectivity index (χ1) is 18.2. The number of carbonyl (C=O) groups is 2. The highest BCUT2D eigenvalue weighted by Crippen LogP contribution is 2.35. The number of benzene rings is 4. The second-order valence-corrected chi connectivity index (χ2v) is 8.99. The molecule has 5 rings (SSSR count). The van der Waals surface area contributed by atoms with Gasteiger partial charge in [-0.15, -0.1) is 0 Å². The van der Waals surface area contributed by atoms with E-state index in [-0.39, 0.29) is 18.3 Å². The van der Waals surface area contributed by atoms with Gasteiger partial charge in [0.1, 0.15) is 5.75 Å². The smallest absolute Gasteiger partial charge is 0.416 e. The molecule has 38 heavy (non-hydrogen) atoms. The van der Waals surface area contributed by atoms with E-state index in [0.717, 1.165) is 28.5 Å². The van der Waals surface area contributed by atoms with Crippen LogP contribution in [0, 0.1) is 0 Å². The number of anilines is 2. The minimum absolute atomic E-state index is 0.0145. The SMILES string of the molecule is C[C@@H](NC(=O)C1CN(C(=O)Nc2cccc(C(F)(F)F)c2)c2ccccc2O1)c1cccc2ccccc12. The van der Waals surface area contributed by atoms with Crippen molar-refractivity contribution in [2.24, 2.45) is 0 Å². The van der Waals surface area contributed by atoms with E-state index in [1.54, 1.807) is 24.3 Å². The Morgan fingerprint density at radius 1 is 0.947 bits per heavy atom. The number of halogens is 3. The third kappa shape index (κ3) is 5.13. The van der Waals surface area contributed by atoms with Crippen LogP contribution in [-0.4, -0.2) is 24.6 Å². The quantitative estimate of drug-likeness (QED) is 0.322. The molecule has 2 N–H and O–H groups in total. The average Bonchev–Trinajstić information content (AvgIpc) is 2.91. The summed E-state index contributed by atoms with van der Waals surface area (Å²) in [5.41, 5.74) is 0.451. The molecule has 3 amide bonds. The van der Waals surface area contributed by atoms with E-state index in [2.05, 4.69) is 10.6 Å². The third-order valence-electron chi connectivity index (χ3n) is 6.40. The summed E-state index contributed by atoms with van der Waals surface area (Å²) >= 11 is 0. The molecule has 1 unspecified atom stereocenters. The Balaban J connectivity index is 1.36. The van der Waals surface area contributed by atoms with E-state index in [1.807, 2.05) is 49.4 Å². The van der Waals surface area contributed by atoms with Crippen LogP contribution in [0.15, 0.2) is 91.0 Å². The van der Waals surface area contributed by atoms with Crippen LogP contribution < -0.4 is 20.3 Å². The number of ether oxygens (including phenoxy) is 1. The number of urea groups is 1. The molecule has 6 nitrogen and oxygen atoms in total. The topological polar surface area (TPSA) is 70.7 Å². The van der Waals surface area contributed by atoms with Crippen LogP contribution in [0.3, 0.4) is 0 Å². The monoisotopic (exact) mass is 519 g/mol. The molecule has 4 aromatic rings. The number of rotatable bonds is 4. The Morgan fingerprint density at radius 3 is 2.47 bits per heavy atom. The van der Waals surface area contributed by atoms with Crippen molar-refractivity contribution in [3.8, 4) is 5.75 Å². The fraction of sp³-hybridized carbons (Fsp3) is 0.172. The molecule has 0 saturated heterocycles. The molecule has 1 aliphatic rings. The molecule has 0 bridgehead atoms. The zero-order valence-corrected chi connectivity index (χ0v) is 20.3. The maximum atomic E-state index is 13.3. The Labute approximate surface area is 217 Å². The molecule has 0 spiro atoms. The molecule has 2 atom stereocenters. The number of alkyl halides is 3. The molecule has 0 saturated carbocycles. The number of amides is 3. The van der Waals surface area contributed by atoms with Crippen molar-refractivity contribution in [1.29, 1.82) is 0 Å².